The monoisotopic (exact) mass is 134 g/mol. The molecule has 0 spiro atoms. The third-order valence-electron chi connectivity index (χ3n) is 0.406. The van der Waals surface area contributed by atoms with E-state index in [0.717, 1.165) is 6.26 Å². The molecule has 1 N–H and O–H groups in total. The minimum atomic E-state index is -3.15. The van der Waals surface area contributed by atoms with Crippen LogP contribution >= 0.6 is 0 Å². The minimum Gasteiger partial charge on any atom is -0.299 e. The molecule has 0 rings (SSSR count). The van der Waals surface area contributed by atoms with Crippen LogP contribution in [-0.4, -0.2) is 21.3 Å². The summed E-state index contributed by atoms with van der Waals surface area (Å²) in [7, 11) is -3.15. The number of sulfonamides is 1. The number of hydrogen-bond donors (Lipinski definition) is 1. The van der Waals surface area contributed by atoms with Crippen LogP contribution < -0.4 is 4.72 Å². The minimum absolute atomic E-state index is 0.168. The predicted molar refractivity (Wildman–Crippen MR) is 29.4 cm³/mol. The van der Waals surface area contributed by atoms with Crippen molar-refractivity contribution in [2.45, 2.75) is 0 Å². The van der Waals surface area contributed by atoms with Crippen LogP contribution in [0.25, 0.3) is 4.85 Å². The van der Waals surface area contributed by atoms with E-state index in [1.165, 1.54) is 0 Å². The molecule has 5 heteroatoms. The Kier molecular flexibility index (Phi) is 2.45. The maximum Gasteiger partial charge on any atom is 0.280 e. The van der Waals surface area contributed by atoms with Gasteiger partial charge < -0.3 is 0 Å². The van der Waals surface area contributed by atoms with Gasteiger partial charge in [0.05, 0.1) is 6.26 Å². The largest absolute Gasteiger partial charge is 0.299 e. The molecule has 0 aliphatic rings. The summed E-state index contributed by atoms with van der Waals surface area (Å²) in [6.45, 7) is 6.01. The smallest absolute Gasteiger partial charge is 0.280 e. The van der Waals surface area contributed by atoms with Crippen molar-refractivity contribution >= 4 is 10.0 Å². The average Bonchev–Trinajstić information content (AvgIpc) is 1.59. The first kappa shape index (κ1) is 7.40. The summed E-state index contributed by atoms with van der Waals surface area (Å²) in [6, 6.07) is 0. The van der Waals surface area contributed by atoms with Crippen LogP contribution in [0, 0.1) is 6.57 Å². The zero-order chi connectivity index (χ0) is 6.62. The lowest BCUT2D eigenvalue weighted by atomic mass is 11.2. The van der Waals surface area contributed by atoms with Gasteiger partial charge >= 0.3 is 0 Å². The van der Waals surface area contributed by atoms with Gasteiger partial charge in [-0.3, -0.25) is 4.85 Å². The van der Waals surface area contributed by atoms with Gasteiger partial charge in [0, 0.05) is 0 Å². The molecule has 0 heterocycles. The summed E-state index contributed by atoms with van der Waals surface area (Å²) < 4.78 is 22.3. The topological polar surface area (TPSA) is 50.5 Å². The molecular formula is C3H6N2O2S. The van der Waals surface area contributed by atoms with Crippen molar-refractivity contribution in [3.8, 4) is 0 Å². The molecule has 0 aromatic carbocycles. The van der Waals surface area contributed by atoms with Crippen LogP contribution in [0.4, 0.5) is 0 Å². The first-order valence-electron chi connectivity index (χ1n) is 1.84. The molecule has 0 unspecified atom stereocenters. The van der Waals surface area contributed by atoms with Gasteiger partial charge in [0.15, 0.2) is 0 Å². The summed E-state index contributed by atoms with van der Waals surface area (Å²) >= 11 is 0. The second kappa shape index (κ2) is 2.64. The highest BCUT2D eigenvalue weighted by Crippen LogP contribution is 1.70. The summed E-state index contributed by atoms with van der Waals surface area (Å²) in [5.41, 5.74) is 0. The summed E-state index contributed by atoms with van der Waals surface area (Å²) in [5, 5.41) is 0. The average molecular weight is 134 g/mol. The normalized spacial score (nSPS) is 10.5. The van der Waals surface area contributed by atoms with Gasteiger partial charge in [-0.05, 0) is 0 Å². The van der Waals surface area contributed by atoms with Crippen molar-refractivity contribution in [2.75, 3.05) is 12.9 Å². The first-order valence-corrected chi connectivity index (χ1v) is 3.73. The van der Waals surface area contributed by atoms with E-state index in [9.17, 15) is 8.42 Å². The van der Waals surface area contributed by atoms with Gasteiger partial charge in [0.25, 0.3) is 6.67 Å². The number of rotatable bonds is 2. The molecule has 4 nitrogen and oxygen atoms in total. The van der Waals surface area contributed by atoms with Crippen LogP contribution in [0.5, 0.6) is 0 Å². The Morgan fingerprint density at radius 3 is 2.38 bits per heavy atom. The molecule has 0 amide bonds. The fourth-order valence-electron chi connectivity index (χ4n) is 0.150. The van der Waals surface area contributed by atoms with E-state index >= 15 is 0 Å². The summed E-state index contributed by atoms with van der Waals surface area (Å²) in [4.78, 5) is 2.78. The molecule has 8 heavy (non-hydrogen) atoms. The maximum absolute atomic E-state index is 10.1. The zero-order valence-corrected chi connectivity index (χ0v) is 5.20. The second-order valence-electron chi connectivity index (χ2n) is 1.23. The lowest BCUT2D eigenvalue weighted by Crippen LogP contribution is -2.20. The third-order valence-corrected chi connectivity index (χ3v) is 1.06. The molecule has 0 aromatic rings. The zero-order valence-electron chi connectivity index (χ0n) is 4.38. The third kappa shape index (κ3) is 5.40. The van der Waals surface area contributed by atoms with Crippen molar-refractivity contribution in [2.24, 2.45) is 0 Å². The molecule has 0 saturated carbocycles. The van der Waals surface area contributed by atoms with Crippen LogP contribution in [0.2, 0.25) is 0 Å². The first-order chi connectivity index (χ1) is 3.56. The Bertz CT molecular complexity index is 188. The maximum atomic E-state index is 10.1. The van der Waals surface area contributed by atoms with E-state index in [0.29, 0.717) is 0 Å². The van der Waals surface area contributed by atoms with Crippen LogP contribution in [0.3, 0.4) is 0 Å². The van der Waals surface area contributed by atoms with Crippen LogP contribution in [0.15, 0.2) is 0 Å². The Morgan fingerprint density at radius 2 is 2.25 bits per heavy atom. The van der Waals surface area contributed by atoms with E-state index in [-0.39, 0.29) is 6.67 Å². The Balaban J connectivity index is 3.63. The van der Waals surface area contributed by atoms with Gasteiger partial charge in [-0.25, -0.2) is 15.0 Å². The highest BCUT2D eigenvalue weighted by molar-refractivity contribution is 7.88. The number of hydrogen-bond acceptors (Lipinski definition) is 2. The van der Waals surface area contributed by atoms with Gasteiger partial charge in [0.1, 0.15) is 0 Å². The summed E-state index contributed by atoms with van der Waals surface area (Å²) in [6.07, 6.45) is 1.01. The van der Waals surface area contributed by atoms with Crippen molar-refractivity contribution in [1.82, 2.24) is 4.72 Å². The molecule has 0 aliphatic carbocycles. The van der Waals surface area contributed by atoms with Crippen molar-refractivity contribution in [3.63, 3.8) is 0 Å². The molecule has 0 aromatic heterocycles. The number of nitrogens with zero attached hydrogens (tertiary/aromatic N) is 1. The van der Waals surface area contributed by atoms with Gasteiger partial charge in [-0.2, -0.15) is 0 Å². The van der Waals surface area contributed by atoms with Gasteiger partial charge in [0.2, 0.25) is 10.0 Å². The van der Waals surface area contributed by atoms with Crippen LogP contribution in [-0.2, 0) is 10.0 Å². The van der Waals surface area contributed by atoms with E-state index < -0.39 is 10.0 Å². The van der Waals surface area contributed by atoms with E-state index in [1.807, 2.05) is 4.72 Å². The van der Waals surface area contributed by atoms with Crippen LogP contribution in [0.1, 0.15) is 0 Å². The van der Waals surface area contributed by atoms with Crippen molar-refractivity contribution in [3.05, 3.63) is 11.4 Å². The van der Waals surface area contributed by atoms with E-state index in [4.69, 9.17) is 6.57 Å². The van der Waals surface area contributed by atoms with Gasteiger partial charge in [-0.15, -0.1) is 4.72 Å². The lowest BCUT2D eigenvalue weighted by molar-refractivity contribution is 0.591. The SMILES string of the molecule is [C-]#[N+]CNS(C)(=O)=O. The fraction of sp³-hybridized carbons (Fsp3) is 0.667. The van der Waals surface area contributed by atoms with Crippen molar-refractivity contribution < 1.29 is 8.42 Å². The molecular weight excluding hydrogens is 128 g/mol. The van der Waals surface area contributed by atoms with Gasteiger partial charge in [-0.1, -0.05) is 0 Å². The molecule has 0 aliphatic heterocycles. The fourth-order valence-corrected chi connectivity index (χ4v) is 0.449. The standard InChI is InChI=1S/C3H6N2O2S/c1-4-3-5-8(2,6)7/h5H,3H2,2H3. The Hall–Kier alpha value is -0.600. The highest BCUT2D eigenvalue weighted by Gasteiger charge is 1.97. The molecule has 0 radical (unpaired) electrons. The van der Waals surface area contributed by atoms with E-state index in [1.54, 1.807) is 0 Å². The number of nitrogens with one attached hydrogen (secondary N) is 1. The lowest BCUT2D eigenvalue weighted by Gasteiger charge is -1.87. The highest BCUT2D eigenvalue weighted by atomic mass is 32.2. The molecule has 0 saturated heterocycles. The van der Waals surface area contributed by atoms with Crippen molar-refractivity contribution in [1.29, 1.82) is 0 Å². The summed E-state index contributed by atoms with van der Waals surface area (Å²) in [5.74, 6) is 0. The molecule has 0 fully saturated rings. The molecule has 0 atom stereocenters. The molecule has 46 valence electrons. The predicted octanol–water partition coefficient (Wildman–Crippen LogP) is -0.588. The second-order valence-corrected chi connectivity index (χ2v) is 3.07. The molecule has 0 bridgehead atoms. The quantitative estimate of drug-likeness (QED) is 0.513. The van der Waals surface area contributed by atoms with E-state index in [2.05, 4.69) is 4.85 Å². The Labute approximate surface area is 48.4 Å². The Morgan fingerprint density at radius 1 is 1.75 bits per heavy atom.